The molecule has 0 aliphatic carbocycles. The van der Waals surface area contributed by atoms with Crippen molar-refractivity contribution < 1.29 is 13.7 Å². The van der Waals surface area contributed by atoms with Gasteiger partial charge < -0.3 is 0 Å². The number of benzene rings is 2. The first-order valence-electron chi connectivity index (χ1n) is 15.9. The maximum absolute atomic E-state index is 6.92. The van der Waals surface area contributed by atoms with Crippen molar-refractivity contribution in [3.63, 3.8) is 0 Å². The molecule has 5 rings (SSSR count). The van der Waals surface area contributed by atoms with Gasteiger partial charge in [0.2, 0.25) is 0 Å². The summed E-state index contributed by atoms with van der Waals surface area (Å²) in [6.45, 7) is 29.5. The molecule has 0 N–H and O–H groups in total. The molecule has 0 unspecified atom stereocenters. The molecule has 3 heterocycles. The van der Waals surface area contributed by atoms with Crippen molar-refractivity contribution in [3.05, 3.63) is 94.1 Å². The Kier molecular flexibility index (Phi) is 7.64. The molecule has 0 saturated carbocycles. The van der Waals surface area contributed by atoms with E-state index in [0.29, 0.717) is 11.8 Å². The third-order valence-electron chi connectivity index (χ3n) is 9.80. The molecule has 0 atom stereocenters. The zero-order valence-corrected chi connectivity index (χ0v) is 29.7. The van der Waals surface area contributed by atoms with E-state index < -0.39 is 8.16 Å². The van der Waals surface area contributed by atoms with Gasteiger partial charge in [-0.3, -0.25) is 0 Å². The van der Waals surface area contributed by atoms with Crippen LogP contribution in [-0.4, -0.2) is 12.7 Å². The summed E-state index contributed by atoms with van der Waals surface area (Å²) in [6, 6.07) is 13.5. The molecule has 7 heteroatoms. The van der Waals surface area contributed by atoms with Crippen LogP contribution in [0, 0.1) is 13.8 Å². The summed E-state index contributed by atoms with van der Waals surface area (Å²) in [7, 11) is -0.233. The average molecular weight is 601 g/mol. The molecule has 1 aromatic heterocycles. The van der Waals surface area contributed by atoms with E-state index in [1.165, 1.54) is 39.3 Å². The van der Waals surface area contributed by atoms with Gasteiger partial charge in [0.1, 0.15) is 0 Å². The molecule has 6 nitrogen and oxygen atoms in total. The molecule has 2 aliphatic rings. The van der Waals surface area contributed by atoms with Crippen LogP contribution in [0.1, 0.15) is 120 Å². The molecular formula is C36H52N4O2Si. The van der Waals surface area contributed by atoms with Gasteiger partial charge in [0.15, 0.2) is 0 Å². The second-order valence-electron chi connectivity index (χ2n) is 13.9. The average Bonchev–Trinajstić information content (AvgIpc) is 3.62. The van der Waals surface area contributed by atoms with Crippen LogP contribution >= 0.6 is 0 Å². The first-order chi connectivity index (χ1) is 20.1. The number of hydrogen-bond donors (Lipinski definition) is 0. The normalized spacial score (nSPS) is 18.7. The van der Waals surface area contributed by atoms with E-state index in [4.69, 9.17) is 15.7 Å². The molecule has 0 bridgehead atoms. The van der Waals surface area contributed by atoms with Gasteiger partial charge in [0, 0.05) is 0 Å². The fourth-order valence-electron chi connectivity index (χ4n) is 7.37. The van der Waals surface area contributed by atoms with E-state index >= 15 is 0 Å². The minimum absolute atomic E-state index is 0.283. The molecule has 0 amide bonds. The third kappa shape index (κ3) is 4.22. The van der Waals surface area contributed by atoms with Crippen molar-refractivity contribution in [1.82, 2.24) is 4.57 Å². The summed E-state index contributed by atoms with van der Waals surface area (Å²) in [6.07, 6.45) is 2.22. The van der Waals surface area contributed by atoms with Crippen LogP contribution in [-0.2, 0) is 23.2 Å². The van der Waals surface area contributed by atoms with Crippen LogP contribution in [0.25, 0.3) is 0 Å². The van der Waals surface area contributed by atoms with E-state index in [0.717, 1.165) is 22.5 Å². The van der Waals surface area contributed by atoms with Crippen LogP contribution in [0.15, 0.2) is 60.4 Å². The number of nitrogens with zero attached hydrogens (tertiary/aromatic N) is 4. The first-order valence-corrected chi connectivity index (χ1v) is 18.1. The summed E-state index contributed by atoms with van der Waals surface area (Å²) >= 11 is 0. The Morgan fingerprint density at radius 2 is 1.09 bits per heavy atom. The molecule has 232 valence electrons. The van der Waals surface area contributed by atoms with E-state index in [-0.39, 0.29) is 11.8 Å². The Hall–Kier alpha value is -3.13. The molecule has 2 aromatic carbocycles. The third-order valence-corrected chi connectivity index (χ3v) is 14.5. The molecular weight excluding hydrogens is 549 g/mol. The number of anilines is 2. The first kappa shape index (κ1) is 31.3. The van der Waals surface area contributed by atoms with Crippen molar-refractivity contribution in [3.8, 4) is 0 Å². The fourth-order valence-corrected chi connectivity index (χ4v) is 12.9. The number of rotatable bonds is 7. The maximum atomic E-state index is 6.92. The summed E-state index contributed by atoms with van der Waals surface area (Å²) in [5.41, 5.74) is 12.8. The SMILES string of the molecule is C=C1C=C(C)N(c2c(C(C)C)cccc2C(C)C)[Si-]2(c3n(C)c(C)c(C)[n+]3C)(OO2)N1c1c(C(C)C)cccc1C(C)C. The van der Waals surface area contributed by atoms with Crippen LogP contribution in [0.5, 0.6) is 0 Å². The van der Waals surface area contributed by atoms with Crippen molar-refractivity contribution in [2.75, 3.05) is 9.13 Å². The molecule has 43 heavy (non-hydrogen) atoms. The zero-order chi connectivity index (χ0) is 31.8. The fraction of sp³-hybridized carbons (Fsp3) is 0.472. The minimum atomic E-state index is -4.53. The van der Waals surface area contributed by atoms with Gasteiger partial charge in [-0.25, -0.2) is 0 Å². The number of imidazole rings is 1. The van der Waals surface area contributed by atoms with Gasteiger partial charge in [-0.2, -0.15) is 0 Å². The van der Waals surface area contributed by atoms with Gasteiger partial charge in [-0.1, -0.05) is 0 Å². The Morgan fingerprint density at radius 1 is 0.698 bits per heavy atom. The van der Waals surface area contributed by atoms with E-state index in [1.54, 1.807) is 0 Å². The van der Waals surface area contributed by atoms with Crippen molar-refractivity contribution in [1.29, 1.82) is 0 Å². The number of allylic oxidation sites excluding steroid dienone is 2. The summed E-state index contributed by atoms with van der Waals surface area (Å²) in [5.74, 6) is 1.16. The zero-order valence-electron chi connectivity index (χ0n) is 28.7. The predicted molar refractivity (Wildman–Crippen MR) is 181 cm³/mol. The topological polar surface area (TPSA) is 40.4 Å². The molecule has 3 aromatic rings. The van der Waals surface area contributed by atoms with Gasteiger partial charge in [0.05, 0.1) is 0 Å². The second kappa shape index (κ2) is 10.5. The Bertz CT molecular complexity index is 1560. The number of hydrogen-bond acceptors (Lipinski definition) is 4. The molecule has 2 aliphatic heterocycles. The van der Waals surface area contributed by atoms with Crippen LogP contribution in [0.3, 0.4) is 0 Å². The van der Waals surface area contributed by atoms with Gasteiger partial charge in [-0.05, 0) is 0 Å². The van der Waals surface area contributed by atoms with E-state index in [1.807, 2.05) is 0 Å². The monoisotopic (exact) mass is 600 g/mol. The molecule has 1 spiro atoms. The number of aromatic nitrogens is 2. The van der Waals surface area contributed by atoms with Gasteiger partial charge in [-0.15, -0.1) is 0 Å². The molecule has 1 fully saturated rings. The molecule has 1 saturated heterocycles. The van der Waals surface area contributed by atoms with Crippen LogP contribution < -0.4 is 19.1 Å². The van der Waals surface area contributed by atoms with Crippen molar-refractivity contribution in [2.45, 2.75) is 99.8 Å². The van der Waals surface area contributed by atoms with Gasteiger partial charge >= 0.3 is 260 Å². The predicted octanol–water partition coefficient (Wildman–Crippen LogP) is 7.96. The Labute approximate surface area is 260 Å². The Morgan fingerprint density at radius 3 is 1.42 bits per heavy atom. The van der Waals surface area contributed by atoms with Crippen LogP contribution in [0.4, 0.5) is 11.4 Å². The standard InChI is InChI=1S/C36H52N4O2Si/c1-22(2)30-17-15-18-31(23(3)4)34(30)39-26(9)21-27(10)40(35-32(24(5)6)19-16-20-33(35)25(7)8)43(39,41-42-43)36-37(13)28(11)29(12)38(36)14/h15-25H,9H2,1-8,10-14H3. The quantitative estimate of drug-likeness (QED) is 0.119. The summed E-state index contributed by atoms with van der Waals surface area (Å²) in [5, 5.41) is 0. The van der Waals surface area contributed by atoms with E-state index in [9.17, 15) is 0 Å². The van der Waals surface area contributed by atoms with E-state index in [2.05, 4.69) is 151 Å². The summed E-state index contributed by atoms with van der Waals surface area (Å²) < 4.78 is 23.3. The van der Waals surface area contributed by atoms with Gasteiger partial charge in [0.25, 0.3) is 0 Å². The van der Waals surface area contributed by atoms with Crippen LogP contribution in [0.2, 0.25) is 0 Å². The summed E-state index contributed by atoms with van der Waals surface area (Å²) in [4.78, 5) is 0. The molecule has 0 radical (unpaired) electrons. The van der Waals surface area contributed by atoms with Crippen molar-refractivity contribution >= 4 is 25.0 Å². The second-order valence-corrected chi connectivity index (χ2v) is 17.5. The van der Waals surface area contributed by atoms with Crippen molar-refractivity contribution in [2.24, 2.45) is 14.1 Å². The Balaban J connectivity index is 2.05. The number of para-hydroxylation sites is 2.